The minimum atomic E-state index is 0.233. The number of aromatic nitrogens is 4. The minimum absolute atomic E-state index is 0.233. The number of benzene rings is 1. The number of para-hydroxylation sites is 1. The largest absolute Gasteiger partial charge is 0.313 e. The summed E-state index contributed by atoms with van der Waals surface area (Å²) in [5.41, 5.74) is 2.16. The van der Waals surface area contributed by atoms with E-state index in [0.717, 1.165) is 68.5 Å². The van der Waals surface area contributed by atoms with Gasteiger partial charge in [0.05, 0.1) is 0 Å². The molecule has 3 aromatic rings. The van der Waals surface area contributed by atoms with Crippen molar-refractivity contribution in [2.24, 2.45) is 5.92 Å². The van der Waals surface area contributed by atoms with Gasteiger partial charge in [-0.2, -0.15) is 0 Å². The molecule has 5 rings (SSSR count). The van der Waals surface area contributed by atoms with Crippen LogP contribution in [0.25, 0.3) is 0 Å². The molecule has 1 atom stereocenters. The van der Waals surface area contributed by atoms with E-state index in [2.05, 4.69) is 30.7 Å². The molecule has 1 fully saturated rings. The lowest BCUT2D eigenvalue weighted by molar-refractivity contribution is -0.117. The van der Waals surface area contributed by atoms with E-state index in [1.807, 2.05) is 47.5 Å². The van der Waals surface area contributed by atoms with Gasteiger partial charge in [0.15, 0.2) is 0 Å². The Morgan fingerprint density at radius 1 is 1.00 bits per heavy atom. The highest BCUT2D eigenvalue weighted by molar-refractivity contribution is 5.95. The van der Waals surface area contributed by atoms with Crippen LogP contribution >= 0.6 is 0 Å². The number of amides is 1. The van der Waals surface area contributed by atoms with Gasteiger partial charge in [0.25, 0.3) is 0 Å². The Morgan fingerprint density at radius 2 is 1.90 bits per heavy atom. The molecule has 0 N–H and O–H groups in total. The van der Waals surface area contributed by atoms with Crippen molar-refractivity contribution in [3.05, 3.63) is 72.1 Å². The maximum Gasteiger partial charge on any atom is 0.227 e. The molecule has 4 heterocycles. The highest BCUT2D eigenvalue weighted by Crippen LogP contribution is 2.26. The van der Waals surface area contributed by atoms with Crippen molar-refractivity contribution in [1.82, 2.24) is 24.6 Å². The summed E-state index contributed by atoms with van der Waals surface area (Å²) in [6, 6.07) is 14.0. The average Bonchev–Trinajstić information content (AvgIpc) is 3.27. The standard InChI is InChI=1S/C23H26N6O/c30-23-14-19(17-29(23)20-6-2-1-3-7-20)16-27-10-8-21-25-26-22(28(21)12-11-27)13-18-5-4-9-24-15-18/h1-7,9,15,19H,8,10-14,16-17H2/t19-/m0/s1. The van der Waals surface area contributed by atoms with Crippen molar-refractivity contribution in [3.8, 4) is 0 Å². The number of carbonyl (C=O) groups is 1. The van der Waals surface area contributed by atoms with Crippen molar-refractivity contribution in [2.45, 2.75) is 25.8 Å². The average molecular weight is 403 g/mol. The van der Waals surface area contributed by atoms with Gasteiger partial charge in [-0.25, -0.2) is 0 Å². The predicted octanol–water partition coefficient (Wildman–Crippen LogP) is 2.18. The summed E-state index contributed by atoms with van der Waals surface area (Å²) in [5.74, 6) is 2.67. The van der Waals surface area contributed by atoms with Crippen LogP contribution in [-0.4, -0.2) is 56.7 Å². The molecule has 2 aliphatic heterocycles. The topological polar surface area (TPSA) is 67.2 Å². The smallest absolute Gasteiger partial charge is 0.227 e. The number of hydrogen-bond donors (Lipinski definition) is 0. The molecule has 30 heavy (non-hydrogen) atoms. The fraction of sp³-hybridized carbons (Fsp3) is 0.391. The molecule has 1 saturated heterocycles. The summed E-state index contributed by atoms with van der Waals surface area (Å²) < 4.78 is 2.27. The summed E-state index contributed by atoms with van der Waals surface area (Å²) in [6.07, 6.45) is 5.95. The van der Waals surface area contributed by atoms with E-state index >= 15 is 0 Å². The summed E-state index contributed by atoms with van der Waals surface area (Å²) in [4.78, 5) is 21.1. The monoisotopic (exact) mass is 402 g/mol. The summed E-state index contributed by atoms with van der Waals surface area (Å²) in [6.45, 7) is 4.56. The lowest BCUT2D eigenvalue weighted by atomic mass is 10.1. The van der Waals surface area contributed by atoms with E-state index in [1.54, 1.807) is 6.20 Å². The van der Waals surface area contributed by atoms with E-state index in [1.165, 1.54) is 0 Å². The molecule has 2 aromatic heterocycles. The maximum absolute atomic E-state index is 12.5. The molecule has 2 aliphatic rings. The predicted molar refractivity (Wildman–Crippen MR) is 114 cm³/mol. The van der Waals surface area contributed by atoms with Crippen molar-refractivity contribution < 1.29 is 4.79 Å². The van der Waals surface area contributed by atoms with Gasteiger partial charge >= 0.3 is 0 Å². The zero-order valence-electron chi connectivity index (χ0n) is 17.0. The van der Waals surface area contributed by atoms with Crippen molar-refractivity contribution in [1.29, 1.82) is 0 Å². The van der Waals surface area contributed by atoms with Crippen LogP contribution in [-0.2, 0) is 24.2 Å². The summed E-state index contributed by atoms with van der Waals surface area (Å²) >= 11 is 0. The van der Waals surface area contributed by atoms with Gasteiger partial charge < -0.3 is 14.4 Å². The number of fused-ring (bicyclic) bond motifs is 1. The molecule has 0 aliphatic carbocycles. The van der Waals surface area contributed by atoms with Crippen LogP contribution in [0.4, 0.5) is 5.69 Å². The first-order valence-corrected chi connectivity index (χ1v) is 10.6. The number of anilines is 1. The van der Waals surface area contributed by atoms with Gasteiger partial charge in [-0.15, -0.1) is 10.2 Å². The second-order valence-corrected chi connectivity index (χ2v) is 8.18. The first-order valence-electron chi connectivity index (χ1n) is 10.6. The van der Waals surface area contributed by atoms with Gasteiger partial charge in [-0.1, -0.05) is 24.3 Å². The van der Waals surface area contributed by atoms with Crippen LogP contribution in [0, 0.1) is 5.92 Å². The third-order valence-electron chi connectivity index (χ3n) is 6.07. The quantitative estimate of drug-likeness (QED) is 0.654. The van der Waals surface area contributed by atoms with Crippen LogP contribution in [0.3, 0.4) is 0 Å². The van der Waals surface area contributed by atoms with Crippen molar-refractivity contribution in [2.75, 3.05) is 31.1 Å². The number of carbonyl (C=O) groups excluding carboxylic acids is 1. The zero-order chi connectivity index (χ0) is 20.3. The fourth-order valence-corrected chi connectivity index (χ4v) is 4.55. The van der Waals surface area contributed by atoms with E-state index in [4.69, 9.17) is 0 Å². The molecule has 0 spiro atoms. The van der Waals surface area contributed by atoms with Gasteiger partial charge in [-0.3, -0.25) is 9.78 Å². The Balaban J connectivity index is 1.21. The van der Waals surface area contributed by atoms with Crippen molar-refractivity contribution >= 4 is 11.6 Å². The van der Waals surface area contributed by atoms with E-state index < -0.39 is 0 Å². The molecule has 0 bridgehead atoms. The Morgan fingerprint density at radius 3 is 2.73 bits per heavy atom. The second kappa shape index (κ2) is 8.36. The van der Waals surface area contributed by atoms with Crippen LogP contribution in [0.15, 0.2) is 54.9 Å². The van der Waals surface area contributed by atoms with E-state index in [9.17, 15) is 4.79 Å². The molecule has 0 saturated carbocycles. The number of nitrogens with zero attached hydrogens (tertiary/aromatic N) is 6. The van der Waals surface area contributed by atoms with Crippen LogP contribution in [0.1, 0.15) is 23.6 Å². The van der Waals surface area contributed by atoms with Crippen LogP contribution < -0.4 is 4.90 Å². The van der Waals surface area contributed by atoms with Gasteiger partial charge in [-0.05, 0) is 29.7 Å². The first-order chi connectivity index (χ1) is 14.8. The Bertz CT molecular complexity index is 1000. The van der Waals surface area contributed by atoms with Crippen LogP contribution in [0.5, 0.6) is 0 Å². The summed E-state index contributed by atoms with van der Waals surface area (Å²) in [5, 5.41) is 8.88. The molecule has 1 aromatic carbocycles. The lowest BCUT2D eigenvalue weighted by Gasteiger charge is -2.23. The molecule has 7 heteroatoms. The van der Waals surface area contributed by atoms with Crippen molar-refractivity contribution in [3.63, 3.8) is 0 Å². The molecule has 0 radical (unpaired) electrons. The first kappa shape index (κ1) is 18.9. The van der Waals surface area contributed by atoms with Gasteiger partial charge in [0.2, 0.25) is 5.91 Å². The maximum atomic E-state index is 12.5. The highest BCUT2D eigenvalue weighted by Gasteiger charge is 2.32. The molecule has 1 amide bonds. The molecular weight excluding hydrogens is 376 g/mol. The van der Waals surface area contributed by atoms with Gasteiger partial charge in [0.1, 0.15) is 11.6 Å². The third kappa shape index (κ3) is 3.98. The highest BCUT2D eigenvalue weighted by atomic mass is 16.2. The fourth-order valence-electron chi connectivity index (χ4n) is 4.55. The molecular formula is C23H26N6O. The lowest BCUT2D eigenvalue weighted by Crippen LogP contribution is -2.33. The summed E-state index contributed by atoms with van der Waals surface area (Å²) in [7, 11) is 0. The number of hydrogen-bond acceptors (Lipinski definition) is 5. The van der Waals surface area contributed by atoms with E-state index in [-0.39, 0.29) is 5.91 Å². The number of rotatable bonds is 5. The Hall–Kier alpha value is -3.06. The Labute approximate surface area is 176 Å². The third-order valence-corrected chi connectivity index (χ3v) is 6.07. The molecule has 154 valence electrons. The normalized spacial score (nSPS) is 19.7. The van der Waals surface area contributed by atoms with Crippen LogP contribution in [0.2, 0.25) is 0 Å². The van der Waals surface area contributed by atoms with Gasteiger partial charge in [0, 0.05) is 70.1 Å². The SMILES string of the molecule is O=C1C[C@@H](CN2CCc3nnc(Cc4cccnc4)n3CC2)CN1c1ccccc1. The Kier molecular flexibility index (Phi) is 5.27. The molecule has 7 nitrogen and oxygen atoms in total. The second-order valence-electron chi connectivity index (χ2n) is 8.18. The van der Waals surface area contributed by atoms with E-state index in [0.29, 0.717) is 12.3 Å². The minimum Gasteiger partial charge on any atom is -0.313 e. The zero-order valence-corrected chi connectivity index (χ0v) is 17.0. The molecule has 0 unspecified atom stereocenters. The number of pyridine rings is 1.